The van der Waals surface area contributed by atoms with Crippen LogP contribution in [0.1, 0.15) is 0 Å². The Morgan fingerprint density at radius 2 is 0.952 bits per heavy atom. The molecule has 0 atom stereocenters. The molecule has 1 aromatic heterocycles. The first-order valence-corrected chi connectivity index (χ1v) is 15.1. The number of benzene rings is 7. The van der Waals surface area contributed by atoms with Crippen molar-refractivity contribution in [3.63, 3.8) is 0 Å². The van der Waals surface area contributed by atoms with E-state index in [1.54, 1.807) is 0 Å². The fourth-order valence-electron chi connectivity index (χ4n) is 6.11. The molecule has 7 aromatic carbocycles. The zero-order valence-electron chi connectivity index (χ0n) is 22.9. The second kappa shape index (κ2) is 10.3. The van der Waals surface area contributed by atoms with E-state index in [1.807, 2.05) is 11.3 Å². The highest BCUT2D eigenvalue weighted by Crippen LogP contribution is 2.45. The fraction of sp³-hybridized carbons (Fsp3) is 0. The molecule has 0 amide bonds. The molecule has 0 saturated heterocycles. The number of nitrogens with zero attached hydrogens (tertiary/aromatic N) is 1. The van der Waals surface area contributed by atoms with Gasteiger partial charge in [-0.05, 0) is 58.5 Å². The molecule has 0 radical (unpaired) electrons. The first kappa shape index (κ1) is 24.6. The fourth-order valence-corrected chi connectivity index (χ4v) is 7.34. The van der Waals surface area contributed by atoms with Crippen LogP contribution in [-0.2, 0) is 0 Å². The molecule has 8 aromatic rings. The zero-order chi connectivity index (χ0) is 27.9. The first-order valence-electron chi connectivity index (χ1n) is 14.3. The van der Waals surface area contributed by atoms with Gasteiger partial charge in [-0.1, -0.05) is 127 Å². The Hall–Kier alpha value is -5.18. The molecule has 1 nitrogen and oxygen atoms in total. The van der Waals surface area contributed by atoms with Crippen molar-refractivity contribution in [2.24, 2.45) is 0 Å². The third-order valence-corrected chi connectivity index (χ3v) is 9.30. The second-order valence-corrected chi connectivity index (χ2v) is 11.6. The monoisotopic (exact) mass is 553 g/mol. The van der Waals surface area contributed by atoms with Crippen molar-refractivity contribution in [3.8, 4) is 22.3 Å². The first-order chi connectivity index (χ1) is 20.8. The topological polar surface area (TPSA) is 3.24 Å². The molecule has 0 N–H and O–H groups in total. The summed E-state index contributed by atoms with van der Waals surface area (Å²) in [7, 11) is 0. The van der Waals surface area contributed by atoms with Crippen LogP contribution in [0.25, 0.3) is 53.2 Å². The minimum Gasteiger partial charge on any atom is -0.310 e. The molecular formula is C40H27NS. The van der Waals surface area contributed by atoms with Crippen LogP contribution < -0.4 is 4.90 Å². The van der Waals surface area contributed by atoms with E-state index in [0.717, 1.165) is 17.1 Å². The molecule has 0 aliphatic rings. The van der Waals surface area contributed by atoms with Crippen molar-refractivity contribution in [2.45, 2.75) is 0 Å². The van der Waals surface area contributed by atoms with Gasteiger partial charge in [0.15, 0.2) is 0 Å². The number of hydrogen-bond acceptors (Lipinski definition) is 2. The summed E-state index contributed by atoms with van der Waals surface area (Å²) in [5, 5.41) is 5.13. The van der Waals surface area contributed by atoms with Gasteiger partial charge >= 0.3 is 0 Å². The summed E-state index contributed by atoms with van der Waals surface area (Å²) in [6.45, 7) is 0. The van der Waals surface area contributed by atoms with E-state index in [2.05, 4.69) is 169 Å². The van der Waals surface area contributed by atoms with Crippen molar-refractivity contribution >= 4 is 59.3 Å². The Kier molecular flexibility index (Phi) is 6.05. The van der Waals surface area contributed by atoms with Crippen LogP contribution in [0.15, 0.2) is 164 Å². The van der Waals surface area contributed by atoms with Crippen molar-refractivity contribution < 1.29 is 0 Å². The summed E-state index contributed by atoms with van der Waals surface area (Å²) in [6, 6.07) is 59.0. The number of hydrogen-bond donors (Lipinski definition) is 0. The normalized spacial score (nSPS) is 11.3. The lowest BCUT2D eigenvalue weighted by Gasteiger charge is -2.27. The van der Waals surface area contributed by atoms with Gasteiger partial charge in [0, 0.05) is 42.5 Å². The molecule has 2 heteroatoms. The molecule has 0 aliphatic carbocycles. The van der Waals surface area contributed by atoms with Crippen molar-refractivity contribution in [1.82, 2.24) is 0 Å². The molecule has 8 rings (SSSR count). The lowest BCUT2D eigenvalue weighted by molar-refractivity contribution is 1.30. The SMILES string of the molecule is c1ccc(-c2ccc(N(c3ccccc3)c3ccc(-c4cccc5c4sc4ccccc45)c4ccccc34)cc2)cc1. The van der Waals surface area contributed by atoms with Gasteiger partial charge < -0.3 is 4.90 Å². The van der Waals surface area contributed by atoms with Crippen LogP contribution in [0.2, 0.25) is 0 Å². The van der Waals surface area contributed by atoms with E-state index in [0.29, 0.717) is 0 Å². The molecule has 0 bridgehead atoms. The third-order valence-electron chi connectivity index (χ3n) is 8.08. The minimum absolute atomic E-state index is 1.13. The average molecular weight is 554 g/mol. The van der Waals surface area contributed by atoms with Gasteiger partial charge in [-0.15, -0.1) is 11.3 Å². The smallest absolute Gasteiger partial charge is 0.0540 e. The Morgan fingerprint density at radius 1 is 0.357 bits per heavy atom. The highest BCUT2D eigenvalue weighted by atomic mass is 32.1. The summed E-state index contributed by atoms with van der Waals surface area (Å²) < 4.78 is 2.67. The van der Waals surface area contributed by atoms with Crippen LogP contribution in [0.5, 0.6) is 0 Å². The second-order valence-electron chi connectivity index (χ2n) is 10.5. The summed E-state index contributed by atoms with van der Waals surface area (Å²) in [5.41, 5.74) is 8.41. The molecular weight excluding hydrogens is 527 g/mol. The van der Waals surface area contributed by atoms with Crippen LogP contribution in [0.4, 0.5) is 17.1 Å². The highest BCUT2D eigenvalue weighted by Gasteiger charge is 2.18. The molecule has 198 valence electrons. The van der Waals surface area contributed by atoms with E-state index in [9.17, 15) is 0 Å². The lowest BCUT2D eigenvalue weighted by atomic mass is 9.95. The van der Waals surface area contributed by atoms with Crippen LogP contribution in [0, 0.1) is 0 Å². The number of para-hydroxylation sites is 1. The van der Waals surface area contributed by atoms with Crippen LogP contribution in [0.3, 0.4) is 0 Å². The summed E-state index contributed by atoms with van der Waals surface area (Å²) in [4.78, 5) is 2.38. The maximum atomic E-state index is 2.38. The van der Waals surface area contributed by atoms with Crippen molar-refractivity contribution in [2.75, 3.05) is 4.90 Å². The van der Waals surface area contributed by atoms with E-state index >= 15 is 0 Å². The molecule has 0 fully saturated rings. The standard InChI is InChI=1S/C40H27NS/c1-3-12-28(13-4-1)29-22-24-31(25-23-29)41(30-14-5-2-6-15-30)38-27-26-33(32-16-7-8-17-34(32)38)36-19-11-20-37-35-18-9-10-21-39(35)42-40(36)37/h1-27H. The zero-order valence-corrected chi connectivity index (χ0v) is 23.8. The van der Waals surface area contributed by atoms with Crippen LogP contribution in [-0.4, -0.2) is 0 Å². The maximum absolute atomic E-state index is 2.38. The van der Waals surface area contributed by atoms with Crippen LogP contribution >= 0.6 is 11.3 Å². The van der Waals surface area contributed by atoms with E-state index in [-0.39, 0.29) is 0 Å². The van der Waals surface area contributed by atoms with E-state index < -0.39 is 0 Å². The molecule has 42 heavy (non-hydrogen) atoms. The quantitative estimate of drug-likeness (QED) is 0.205. The highest BCUT2D eigenvalue weighted by molar-refractivity contribution is 7.26. The van der Waals surface area contributed by atoms with Gasteiger partial charge in [0.05, 0.1) is 5.69 Å². The van der Waals surface area contributed by atoms with Gasteiger partial charge in [-0.25, -0.2) is 0 Å². The molecule has 0 aliphatic heterocycles. The number of thiophene rings is 1. The van der Waals surface area contributed by atoms with Crippen molar-refractivity contribution in [1.29, 1.82) is 0 Å². The van der Waals surface area contributed by atoms with Gasteiger partial charge in [-0.2, -0.15) is 0 Å². The predicted octanol–water partition coefficient (Wildman–Crippen LogP) is 12.0. The third kappa shape index (κ3) is 4.16. The molecule has 0 spiro atoms. The molecule has 0 saturated carbocycles. The van der Waals surface area contributed by atoms with E-state index in [1.165, 1.54) is 53.2 Å². The summed E-state index contributed by atoms with van der Waals surface area (Å²) in [6.07, 6.45) is 0. The van der Waals surface area contributed by atoms with E-state index in [4.69, 9.17) is 0 Å². The number of fused-ring (bicyclic) bond motifs is 4. The Labute approximate surface area is 249 Å². The predicted molar refractivity (Wildman–Crippen MR) is 182 cm³/mol. The van der Waals surface area contributed by atoms with Gasteiger partial charge in [-0.3, -0.25) is 0 Å². The lowest BCUT2D eigenvalue weighted by Crippen LogP contribution is -2.10. The Morgan fingerprint density at radius 3 is 1.74 bits per heavy atom. The Balaban J connectivity index is 1.32. The summed E-state index contributed by atoms with van der Waals surface area (Å²) in [5.74, 6) is 0. The van der Waals surface area contributed by atoms with Gasteiger partial charge in [0.1, 0.15) is 0 Å². The minimum atomic E-state index is 1.13. The average Bonchev–Trinajstić information content (AvgIpc) is 3.45. The Bertz CT molecular complexity index is 2180. The largest absolute Gasteiger partial charge is 0.310 e. The number of anilines is 3. The van der Waals surface area contributed by atoms with Gasteiger partial charge in [0.25, 0.3) is 0 Å². The maximum Gasteiger partial charge on any atom is 0.0540 e. The molecule has 1 heterocycles. The van der Waals surface area contributed by atoms with Gasteiger partial charge in [0.2, 0.25) is 0 Å². The number of rotatable bonds is 5. The van der Waals surface area contributed by atoms with Crippen molar-refractivity contribution in [3.05, 3.63) is 164 Å². The summed E-state index contributed by atoms with van der Waals surface area (Å²) >= 11 is 1.88. The molecule has 0 unspecified atom stereocenters.